The third-order valence-electron chi connectivity index (χ3n) is 4.35. The minimum absolute atomic E-state index is 0.169. The number of nitro benzene ring substituents is 1. The molecule has 3 rings (SSSR count). The zero-order valence-electron chi connectivity index (χ0n) is 11.3. The predicted molar refractivity (Wildman–Crippen MR) is 82.5 cm³/mol. The largest absolute Gasteiger partial charge is 0.368 e. The van der Waals surface area contributed by atoms with E-state index < -0.39 is 0 Å². The Morgan fingerprint density at radius 3 is 2.95 bits per heavy atom. The first-order valence-electron chi connectivity index (χ1n) is 7.01. The normalized spacial score (nSPS) is 22.9. The summed E-state index contributed by atoms with van der Waals surface area (Å²) in [4.78, 5) is 15.5. The molecule has 0 aromatic heterocycles. The van der Waals surface area contributed by atoms with E-state index in [4.69, 9.17) is 0 Å². The number of anilines is 1. The van der Waals surface area contributed by atoms with Crippen molar-refractivity contribution < 1.29 is 4.92 Å². The second kappa shape index (κ2) is 5.69. The van der Waals surface area contributed by atoms with Crippen LogP contribution in [0.2, 0.25) is 0 Å². The second-order valence-electron chi connectivity index (χ2n) is 5.48. The standard InChI is InChI=1S/C14H18BrN3O2/c15-9-11-8-12(18(19)20)3-4-14(11)17-7-6-16-5-1-2-13(16)10-17/h3-4,8,13H,1-2,5-7,9-10H2. The predicted octanol–water partition coefficient (Wildman–Crippen LogP) is 2.77. The van der Waals surface area contributed by atoms with E-state index in [0.717, 1.165) is 30.9 Å². The summed E-state index contributed by atoms with van der Waals surface area (Å²) in [5.41, 5.74) is 2.31. The first-order chi connectivity index (χ1) is 9.69. The van der Waals surface area contributed by atoms with Crippen LogP contribution < -0.4 is 4.90 Å². The molecule has 5 nitrogen and oxygen atoms in total. The van der Waals surface area contributed by atoms with Gasteiger partial charge in [0.05, 0.1) is 4.92 Å². The number of nitrogens with zero attached hydrogens (tertiary/aromatic N) is 3. The number of nitro groups is 1. The van der Waals surface area contributed by atoms with Crippen LogP contribution in [0.3, 0.4) is 0 Å². The molecule has 2 heterocycles. The molecule has 1 aromatic carbocycles. The Morgan fingerprint density at radius 2 is 2.20 bits per heavy atom. The highest BCUT2D eigenvalue weighted by molar-refractivity contribution is 9.08. The zero-order valence-corrected chi connectivity index (χ0v) is 12.9. The van der Waals surface area contributed by atoms with Crippen molar-refractivity contribution in [3.05, 3.63) is 33.9 Å². The molecule has 2 aliphatic heterocycles. The Balaban J connectivity index is 1.84. The number of piperazine rings is 1. The van der Waals surface area contributed by atoms with Gasteiger partial charge in [-0.05, 0) is 31.0 Å². The van der Waals surface area contributed by atoms with Crippen molar-refractivity contribution in [1.29, 1.82) is 0 Å². The van der Waals surface area contributed by atoms with Crippen LogP contribution in [0.1, 0.15) is 18.4 Å². The van der Waals surface area contributed by atoms with Gasteiger partial charge in [0.1, 0.15) is 0 Å². The lowest BCUT2D eigenvalue weighted by Gasteiger charge is -2.39. The maximum Gasteiger partial charge on any atom is 0.269 e. The number of hydrogen-bond acceptors (Lipinski definition) is 4. The quantitative estimate of drug-likeness (QED) is 0.482. The number of benzene rings is 1. The van der Waals surface area contributed by atoms with Gasteiger partial charge in [-0.1, -0.05) is 15.9 Å². The van der Waals surface area contributed by atoms with Gasteiger partial charge in [0.2, 0.25) is 0 Å². The monoisotopic (exact) mass is 339 g/mol. The van der Waals surface area contributed by atoms with Gasteiger partial charge in [-0.25, -0.2) is 0 Å². The first kappa shape index (κ1) is 13.8. The molecule has 108 valence electrons. The highest BCUT2D eigenvalue weighted by Crippen LogP contribution is 2.31. The van der Waals surface area contributed by atoms with Crippen LogP contribution in [0.15, 0.2) is 18.2 Å². The summed E-state index contributed by atoms with van der Waals surface area (Å²) in [5, 5.41) is 11.5. The maximum atomic E-state index is 10.9. The molecule has 0 amide bonds. The Bertz CT molecular complexity index is 523. The van der Waals surface area contributed by atoms with Crippen molar-refractivity contribution in [2.45, 2.75) is 24.2 Å². The molecule has 0 radical (unpaired) electrons. The van der Waals surface area contributed by atoms with Crippen LogP contribution >= 0.6 is 15.9 Å². The smallest absolute Gasteiger partial charge is 0.269 e. The molecule has 0 bridgehead atoms. The second-order valence-corrected chi connectivity index (χ2v) is 6.04. The molecule has 1 unspecified atom stereocenters. The SMILES string of the molecule is O=[N+]([O-])c1ccc(N2CCN3CCCC3C2)c(CBr)c1. The van der Waals surface area contributed by atoms with Gasteiger partial charge in [-0.15, -0.1) is 0 Å². The summed E-state index contributed by atoms with van der Waals surface area (Å²) in [7, 11) is 0. The Hall–Kier alpha value is -1.14. The third kappa shape index (κ3) is 2.54. The fourth-order valence-electron chi connectivity index (χ4n) is 3.31. The lowest BCUT2D eigenvalue weighted by Crippen LogP contribution is -2.50. The molecule has 0 saturated carbocycles. The van der Waals surface area contributed by atoms with Crippen LogP contribution in [0.25, 0.3) is 0 Å². The summed E-state index contributed by atoms with van der Waals surface area (Å²) < 4.78 is 0. The van der Waals surface area contributed by atoms with Gasteiger partial charge in [-0.3, -0.25) is 15.0 Å². The van der Waals surface area contributed by atoms with E-state index in [-0.39, 0.29) is 10.6 Å². The van der Waals surface area contributed by atoms with Crippen molar-refractivity contribution in [2.75, 3.05) is 31.1 Å². The van der Waals surface area contributed by atoms with Gasteiger partial charge < -0.3 is 4.90 Å². The molecule has 6 heteroatoms. The number of hydrogen-bond donors (Lipinski definition) is 0. The van der Waals surface area contributed by atoms with Crippen LogP contribution in [-0.4, -0.2) is 42.0 Å². The summed E-state index contributed by atoms with van der Waals surface area (Å²) >= 11 is 3.45. The average Bonchev–Trinajstić information content (AvgIpc) is 2.93. The number of fused-ring (bicyclic) bond motifs is 1. The van der Waals surface area contributed by atoms with Crippen LogP contribution in [0, 0.1) is 10.1 Å². The van der Waals surface area contributed by atoms with Crippen LogP contribution in [-0.2, 0) is 5.33 Å². The number of non-ortho nitro benzene ring substituents is 1. The number of alkyl halides is 1. The van der Waals surface area contributed by atoms with Crippen molar-refractivity contribution in [3.63, 3.8) is 0 Å². The van der Waals surface area contributed by atoms with Crippen molar-refractivity contribution in [2.24, 2.45) is 0 Å². The Labute approximate surface area is 126 Å². The summed E-state index contributed by atoms with van der Waals surface area (Å²) in [6.45, 7) is 4.37. The first-order valence-corrected chi connectivity index (χ1v) is 8.13. The van der Waals surface area contributed by atoms with Gasteiger partial charge in [0, 0.05) is 48.8 Å². The molecule has 1 aromatic rings. The lowest BCUT2D eigenvalue weighted by molar-refractivity contribution is -0.384. The minimum Gasteiger partial charge on any atom is -0.368 e. The van der Waals surface area contributed by atoms with Crippen LogP contribution in [0.4, 0.5) is 11.4 Å². The fourth-order valence-corrected chi connectivity index (χ4v) is 3.76. The number of rotatable bonds is 3. The molecule has 20 heavy (non-hydrogen) atoms. The molecule has 2 aliphatic rings. The van der Waals surface area contributed by atoms with E-state index in [1.807, 2.05) is 6.07 Å². The van der Waals surface area contributed by atoms with Crippen LogP contribution in [0.5, 0.6) is 0 Å². The molecular formula is C14H18BrN3O2. The summed E-state index contributed by atoms with van der Waals surface area (Å²) in [6.07, 6.45) is 2.57. The van der Waals surface area contributed by atoms with E-state index in [9.17, 15) is 10.1 Å². The molecule has 1 atom stereocenters. The fraction of sp³-hybridized carbons (Fsp3) is 0.571. The molecule has 0 spiro atoms. The van der Waals surface area contributed by atoms with E-state index in [2.05, 4.69) is 25.7 Å². The van der Waals surface area contributed by atoms with Crippen molar-refractivity contribution in [1.82, 2.24) is 4.90 Å². The highest BCUT2D eigenvalue weighted by Gasteiger charge is 2.31. The lowest BCUT2D eigenvalue weighted by atomic mass is 10.1. The average molecular weight is 340 g/mol. The van der Waals surface area contributed by atoms with E-state index in [1.165, 1.54) is 19.4 Å². The maximum absolute atomic E-state index is 10.9. The molecular weight excluding hydrogens is 322 g/mol. The summed E-state index contributed by atoms with van der Waals surface area (Å²) in [6, 6.07) is 5.86. The molecule has 0 aliphatic carbocycles. The Morgan fingerprint density at radius 1 is 1.35 bits per heavy atom. The van der Waals surface area contributed by atoms with Gasteiger partial charge in [0.25, 0.3) is 5.69 Å². The van der Waals surface area contributed by atoms with Gasteiger partial charge in [-0.2, -0.15) is 0 Å². The van der Waals surface area contributed by atoms with E-state index in [1.54, 1.807) is 12.1 Å². The third-order valence-corrected chi connectivity index (χ3v) is 4.95. The minimum atomic E-state index is -0.329. The summed E-state index contributed by atoms with van der Waals surface area (Å²) in [5.74, 6) is 0. The molecule has 2 fully saturated rings. The van der Waals surface area contributed by atoms with E-state index in [0.29, 0.717) is 11.4 Å². The molecule has 0 N–H and O–H groups in total. The van der Waals surface area contributed by atoms with Gasteiger partial charge in [0.15, 0.2) is 0 Å². The van der Waals surface area contributed by atoms with Gasteiger partial charge >= 0.3 is 0 Å². The Kier molecular flexibility index (Phi) is 3.94. The van der Waals surface area contributed by atoms with Crippen molar-refractivity contribution >= 4 is 27.3 Å². The topological polar surface area (TPSA) is 49.6 Å². The zero-order chi connectivity index (χ0) is 14.1. The molecule has 2 saturated heterocycles. The number of halogens is 1. The van der Waals surface area contributed by atoms with Crippen molar-refractivity contribution in [3.8, 4) is 0 Å². The highest BCUT2D eigenvalue weighted by atomic mass is 79.9. The van der Waals surface area contributed by atoms with E-state index >= 15 is 0 Å².